The van der Waals surface area contributed by atoms with E-state index < -0.39 is 0 Å². The zero-order chi connectivity index (χ0) is 17.5. The number of thioether (sulfide) groups is 1. The first-order valence-electron chi connectivity index (χ1n) is 8.77. The molecule has 1 aliphatic rings. The Hall–Kier alpha value is -1.85. The largest absolute Gasteiger partial charge is 0.351 e. The number of nitrogens with one attached hydrogen (secondary N) is 1. The summed E-state index contributed by atoms with van der Waals surface area (Å²) in [5.41, 5.74) is 2.54. The van der Waals surface area contributed by atoms with Gasteiger partial charge in [0.1, 0.15) is 0 Å². The Morgan fingerprint density at radius 2 is 2.04 bits per heavy atom. The van der Waals surface area contributed by atoms with Crippen LogP contribution < -0.4 is 5.32 Å². The third-order valence-electron chi connectivity index (χ3n) is 4.67. The zero-order valence-corrected chi connectivity index (χ0v) is 15.4. The third kappa shape index (κ3) is 5.31. The molecule has 2 heterocycles. The predicted octanol–water partition coefficient (Wildman–Crippen LogP) is 3.27. The molecule has 1 saturated heterocycles. The number of pyridine rings is 1. The third-order valence-corrected chi connectivity index (χ3v) is 5.67. The van der Waals surface area contributed by atoms with Crippen molar-refractivity contribution in [3.8, 4) is 0 Å². The molecule has 132 valence electrons. The van der Waals surface area contributed by atoms with E-state index in [0.717, 1.165) is 25.3 Å². The molecule has 5 heteroatoms. The average molecular weight is 356 g/mol. The van der Waals surface area contributed by atoms with Gasteiger partial charge in [-0.15, -0.1) is 11.8 Å². The van der Waals surface area contributed by atoms with Crippen molar-refractivity contribution in [3.05, 3.63) is 66.0 Å². The molecule has 1 N–H and O–H groups in total. The first-order valence-corrected chi connectivity index (χ1v) is 9.93. The van der Waals surface area contributed by atoms with Crippen LogP contribution in [0.25, 0.3) is 0 Å². The van der Waals surface area contributed by atoms with Gasteiger partial charge in [-0.1, -0.05) is 30.3 Å². The molecular formula is C20H25N3OS. The van der Waals surface area contributed by atoms with Crippen LogP contribution in [0.3, 0.4) is 0 Å². The van der Waals surface area contributed by atoms with Gasteiger partial charge in [0.15, 0.2) is 0 Å². The van der Waals surface area contributed by atoms with E-state index in [1.807, 2.05) is 18.2 Å². The summed E-state index contributed by atoms with van der Waals surface area (Å²) in [5.74, 6) is 1.49. The second-order valence-electron chi connectivity index (χ2n) is 6.48. The minimum absolute atomic E-state index is 0.137. The molecule has 0 unspecified atom stereocenters. The number of carbonyl (C=O) groups is 1. The summed E-state index contributed by atoms with van der Waals surface area (Å²) in [6, 6.07) is 15.2. The Labute approximate surface area is 154 Å². The van der Waals surface area contributed by atoms with Gasteiger partial charge >= 0.3 is 0 Å². The van der Waals surface area contributed by atoms with Crippen molar-refractivity contribution in [1.29, 1.82) is 0 Å². The number of hydrogen-bond acceptors (Lipinski definition) is 4. The molecule has 1 amide bonds. The molecule has 1 aromatic carbocycles. The highest BCUT2D eigenvalue weighted by molar-refractivity contribution is 7.99. The highest BCUT2D eigenvalue weighted by Crippen LogP contribution is 2.24. The maximum Gasteiger partial charge on any atom is 0.230 e. The molecule has 1 aromatic heterocycles. The summed E-state index contributed by atoms with van der Waals surface area (Å²) in [4.78, 5) is 18.6. The number of carbonyl (C=O) groups excluding carboxylic acids is 1. The molecule has 0 spiro atoms. The first-order chi connectivity index (χ1) is 12.2. The summed E-state index contributed by atoms with van der Waals surface area (Å²) in [6.07, 6.45) is 4.60. The number of hydrogen-bond donors (Lipinski definition) is 1. The van der Waals surface area contributed by atoms with E-state index in [9.17, 15) is 4.79 Å². The number of amides is 1. The van der Waals surface area contributed by atoms with Crippen molar-refractivity contribution in [2.24, 2.45) is 0 Å². The van der Waals surface area contributed by atoms with E-state index in [1.165, 1.54) is 11.1 Å². The van der Waals surface area contributed by atoms with Crippen LogP contribution in [0.1, 0.15) is 30.5 Å². The van der Waals surface area contributed by atoms with Crippen LogP contribution >= 0.6 is 11.8 Å². The van der Waals surface area contributed by atoms with Crippen LogP contribution in [-0.4, -0.2) is 40.7 Å². The van der Waals surface area contributed by atoms with Crippen LogP contribution in [0.5, 0.6) is 0 Å². The molecule has 1 fully saturated rings. The van der Waals surface area contributed by atoms with Crippen LogP contribution in [-0.2, 0) is 10.5 Å². The predicted molar refractivity (Wildman–Crippen MR) is 103 cm³/mol. The highest BCUT2D eigenvalue weighted by Gasteiger charge is 2.27. The Bertz CT molecular complexity index is 665. The minimum Gasteiger partial charge on any atom is -0.351 e. The van der Waals surface area contributed by atoms with E-state index >= 15 is 0 Å². The van der Waals surface area contributed by atoms with Crippen molar-refractivity contribution in [3.63, 3.8) is 0 Å². The van der Waals surface area contributed by atoms with Gasteiger partial charge < -0.3 is 5.32 Å². The average Bonchev–Trinajstić information content (AvgIpc) is 3.11. The van der Waals surface area contributed by atoms with Crippen LogP contribution in [0, 0.1) is 0 Å². The molecule has 0 aliphatic carbocycles. The lowest BCUT2D eigenvalue weighted by Gasteiger charge is -2.24. The Morgan fingerprint density at radius 3 is 2.80 bits per heavy atom. The summed E-state index contributed by atoms with van der Waals surface area (Å²) in [7, 11) is 0. The monoisotopic (exact) mass is 355 g/mol. The molecule has 1 aliphatic heterocycles. The fourth-order valence-corrected chi connectivity index (χ4v) is 4.01. The molecule has 0 radical (unpaired) electrons. The molecule has 3 rings (SSSR count). The van der Waals surface area contributed by atoms with Gasteiger partial charge in [-0.2, -0.15) is 0 Å². The van der Waals surface area contributed by atoms with Gasteiger partial charge in [-0.05, 0) is 36.6 Å². The van der Waals surface area contributed by atoms with E-state index in [2.05, 4.69) is 46.4 Å². The van der Waals surface area contributed by atoms with Gasteiger partial charge in [-0.25, -0.2) is 0 Å². The second kappa shape index (κ2) is 9.02. The molecule has 0 saturated carbocycles. The SMILES string of the molecule is C[C@@H](c1ccccc1)N1CC[C@H](NC(=O)CSCc2ccncc2)C1. The number of aromatic nitrogens is 1. The lowest BCUT2D eigenvalue weighted by atomic mass is 10.1. The van der Waals surface area contributed by atoms with Crippen molar-refractivity contribution in [1.82, 2.24) is 15.2 Å². The standard InChI is InChI=1S/C20H25N3OS/c1-16(18-5-3-2-4-6-18)23-12-9-19(13-23)22-20(24)15-25-14-17-7-10-21-11-8-17/h2-8,10-11,16,19H,9,12-15H2,1H3,(H,22,24)/t16-,19-/m0/s1. The van der Waals surface area contributed by atoms with Crippen LogP contribution in [0.15, 0.2) is 54.9 Å². The Kier molecular flexibility index (Phi) is 6.48. The molecular weight excluding hydrogens is 330 g/mol. The van der Waals surface area contributed by atoms with Gasteiger partial charge in [0.2, 0.25) is 5.91 Å². The van der Waals surface area contributed by atoms with Crippen molar-refractivity contribution >= 4 is 17.7 Å². The second-order valence-corrected chi connectivity index (χ2v) is 7.47. The fraction of sp³-hybridized carbons (Fsp3) is 0.400. The number of nitrogens with zero attached hydrogens (tertiary/aromatic N) is 2. The summed E-state index contributed by atoms with van der Waals surface area (Å²) in [5, 5.41) is 3.19. The molecule has 25 heavy (non-hydrogen) atoms. The minimum atomic E-state index is 0.137. The Morgan fingerprint density at radius 1 is 1.28 bits per heavy atom. The summed E-state index contributed by atoms with van der Waals surface area (Å²) in [6.45, 7) is 4.20. The number of benzene rings is 1. The maximum atomic E-state index is 12.2. The summed E-state index contributed by atoms with van der Waals surface area (Å²) < 4.78 is 0. The van der Waals surface area contributed by atoms with Gasteiger partial charge in [0, 0.05) is 43.3 Å². The maximum absolute atomic E-state index is 12.2. The van der Waals surface area contributed by atoms with E-state index in [1.54, 1.807) is 24.2 Å². The van der Waals surface area contributed by atoms with Crippen molar-refractivity contribution < 1.29 is 4.79 Å². The number of rotatable bonds is 7. The lowest BCUT2D eigenvalue weighted by molar-refractivity contribution is -0.119. The van der Waals surface area contributed by atoms with Gasteiger partial charge in [0.05, 0.1) is 5.75 Å². The highest BCUT2D eigenvalue weighted by atomic mass is 32.2. The molecule has 2 aromatic rings. The lowest BCUT2D eigenvalue weighted by Crippen LogP contribution is -2.38. The van der Waals surface area contributed by atoms with E-state index in [-0.39, 0.29) is 11.9 Å². The van der Waals surface area contributed by atoms with E-state index in [0.29, 0.717) is 11.8 Å². The summed E-state index contributed by atoms with van der Waals surface area (Å²) >= 11 is 1.65. The smallest absolute Gasteiger partial charge is 0.230 e. The normalized spacial score (nSPS) is 18.8. The van der Waals surface area contributed by atoms with Gasteiger partial charge in [0.25, 0.3) is 0 Å². The fourth-order valence-electron chi connectivity index (χ4n) is 3.21. The molecule has 2 atom stereocenters. The van der Waals surface area contributed by atoms with Crippen LogP contribution in [0.4, 0.5) is 0 Å². The first kappa shape index (κ1) is 18.0. The topological polar surface area (TPSA) is 45.2 Å². The van der Waals surface area contributed by atoms with Crippen molar-refractivity contribution in [2.75, 3.05) is 18.8 Å². The van der Waals surface area contributed by atoms with Crippen molar-refractivity contribution in [2.45, 2.75) is 31.2 Å². The van der Waals surface area contributed by atoms with Crippen LogP contribution in [0.2, 0.25) is 0 Å². The van der Waals surface area contributed by atoms with Gasteiger partial charge in [-0.3, -0.25) is 14.7 Å². The Balaban J connectivity index is 1.39. The number of likely N-dealkylation sites (tertiary alicyclic amines) is 1. The van der Waals surface area contributed by atoms with E-state index in [4.69, 9.17) is 0 Å². The molecule has 0 bridgehead atoms. The quantitative estimate of drug-likeness (QED) is 0.828. The zero-order valence-electron chi connectivity index (χ0n) is 14.6. The molecule has 4 nitrogen and oxygen atoms in total.